The summed E-state index contributed by atoms with van der Waals surface area (Å²) in [4.78, 5) is 17.8. The van der Waals surface area contributed by atoms with Crippen LogP contribution in [0.4, 0.5) is 34.1 Å². The number of benzene rings is 10. The smallest absolute Gasteiger partial charge is 0.193 e. The van der Waals surface area contributed by atoms with Gasteiger partial charge in [0.15, 0.2) is 5.78 Å². The second-order valence-corrected chi connectivity index (χ2v) is 15.7. The highest BCUT2D eigenvalue weighted by molar-refractivity contribution is 6.09. The summed E-state index contributed by atoms with van der Waals surface area (Å²) in [5, 5.41) is 0. The molecule has 0 aliphatic carbocycles. The number of hydrogen-bond donors (Lipinski definition) is 0. The van der Waals surface area contributed by atoms with Crippen molar-refractivity contribution in [2.75, 3.05) is 9.80 Å². The van der Waals surface area contributed by atoms with E-state index in [1.54, 1.807) is 0 Å². The predicted molar refractivity (Wildman–Crippen MR) is 270 cm³/mol. The van der Waals surface area contributed by atoms with E-state index >= 15 is 0 Å². The maximum Gasteiger partial charge on any atom is 0.193 e. The molecule has 66 heavy (non-hydrogen) atoms. The van der Waals surface area contributed by atoms with Crippen molar-refractivity contribution < 1.29 is 14.3 Å². The Morgan fingerprint density at radius 2 is 0.485 bits per heavy atom. The average molecular weight is 853 g/mol. The maximum absolute atomic E-state index is 13.4. The van der Waals surface area contributed by atoms with Crippen molar-refractivity contribution in [3.05, 3.63) is 278 Å². The molecular formula is C61H44N2O3. The number of hydrogen-bond acceptors (Lipinski definition) is 5. The van der Waals surface area contributed by atoms with Gasteiger partial charge in [0.2, 0.25) is 0 Å². The zero-order valence-electron chi connectivity index (χ0n) is 36.0. The summed E-state index contributed by atoms with van der Waals surface area (Å²) >= 11 is 0. The molecule has 5 heteroatoms. The van der Waals surface area contributed by atoms with E-state index in [0.29, 0.717) is 22.6 Å². The van der Waals surface area contributed by atoms with Crippen molar-refractivity contribution in [1.29, 1.82) is 0 Å². The highest BCUT2D eigenvalue weighted by Gasteiger charge is 2.16. The van der Waals surface area contributed by atoms with Gasteiger partial charge in [0, 0.05) is 45.3 Å². The lowest BCUT2D eigenvalue weighted by atomic mass is 9.99. The zero-order chi connectivity index (χ0) is 44.5. The van der Waals surface area contributed by atoms with Gasteiger partial charge in [-0.25, -0.2) is 0 Å². The van der Waals surface area contributed by atoms with Crippen molar-refractivity contribution in [1.82, 2.24) is 0 Å². The number of nitrogens with zero attached hydrogens (tertiary/aromatic N) is 2. The fourth-order valence-corrected chi connectivity index (χ4v) is 8.03. The molecule has 0 heterocycles. The molecule has 0 aromatic heterocycles. The Labute approximate surface area is 385 Å². The molecule has 0 saturated heterocycles. The summed E-state index contributed by atoms with van der Waals surface area (Å²) in [6, 6.07) is 89.4. The number of para-hydroxylation sites is 3. The van der Waals surface area contributed by atoms with Crippen LogP contribution >= 0.6 is 0 Å². The minimum atomic E-state index is -0.0368. The summed E-state index contributed by atoms with van der Waals surface area (Å²) in [5.41, 5.74) is 11.9. The first kappa shape index (κ1) is 41.1. The third-order valence-corrected chi connectivity index (χ3v) is 11.4. The second-order valence-electron chi connectivity index (χ2n) is 15.7. The van der Waals surface area contributed by atoms with Crippen LogP contribution in [0, 0.1) is 0 Å². The molecule has 0 aliphatic rings. The molecule has 0 atom stereocenters. The molecule has 0 radical (unpaired) electrons. The van der Waals surface area contributed by atoms with Crippen molar-refractivity contribution in [2.24, 2.45) is 0 Å². The molecule has 0 saturated carbocycles. The lowest BCUT2D eigenvalue weighted by Gasteiger charge is -2.26. The first-order valence-electron chi connectivity index (χ1n) is 21.9. The fraction of sp³-hybridized carbons (Fsp3) is 0. The van der Waals surface area contributed by atoms with E-state index in [-0.39, 0.29) is 5.78 Å². The third kappa shape index (κ3) is 9.37. The quantitative estimate of drug-likeness (QED) is 0.102. The first-order chi connectivity index (χ1) is 32.6. The predicted octanol–water partition coefficient (Wildman–Crippen LogP) is 16.8. The summed E-state index contributed by atoms with van der Waals surface area (Å²) in [6.45, 7) is 0. The van der Waals surface area contributed by atoms with Crippen LogP contribution in [-0.2, 0) is 0 Å². The normalized spacial score (nSPS) is 10.8. The molecule has 0 fully saturated rings. The average Bonchev–Trinajstić information content (AvgIpc) is 3.39. The largest absolute Gasteiger partial charge is 0.457 e. The van der Waals surface area contributed by atoms with Crippen molar-refractivity contribution in [3.63, 3.8) is 0 Å². The van der Waals surface area contributed by atoms with Crippen molar-refractivity contribution >= 4 is 39.9 Å². The monoisotopic (exact) mass is 852 g/mol. The highest BCUT2D eigenvalue weighted by atomic mass is 16.5. The number of ether oxygens (including phenoxy) is 2. The lowest BCUT2D eigenvalue weighted by Crippen LogP contribution is -2.10. The Bertz CT molecular complexity index is 3090. The van der Waals surface area contributed by atoms with Crippen LogP contribution in [0.2, 0.25) is 0 Å². The molecule has 316 valence electrons. The standard InChI is InChI=1S/C61H44N2O3/c64-61(49-23-21-46(22-24-49)45-13-5-1-6-14-45)50-29-39-58(40-30-50)66-60-43-37-56(38-44-60)63(55-35-41-59(42-36-55)65-57-19-11-4-12-20-57)54-33-27-48(28-34-54)47-25-31-53(32-26-47)62(51-15-7-2-8-16-51)52-17-9-3-10-18-52/h1-44H. The van der Waals surface area contributed by atoms with Gasteiger partial charge in [0.05, 0.1) is 0 Å². The van der Waals surface area contributed by atoms with Gasteiger partial charge in [-0.05, 0) is 156 Å². The van der Waals surface area contributed by atoms with Crippen LogP contribution in [0.15, 0.2) is 267 Å². The number of rotatable bonds is 14. The van der Waals surface area contributed by atoms with Crippen LogP contribution < -0.4 is 19.3 Å². The van der Waals surface area contributed by atoms with Crippen LogP contribution in [-0.4, -0.2) is 5.78 Å². The molecule has 10 aromatic rings. The van der Waals surface area contributed by atoms with E-state index in [2.05, 4.69) is 143 Å². The second kappa shape index (κ2) is 19.2. The van der Waals surface area contributed by atoms with Crippen molar-refractivity contribution in [3.8, 4) is 45.3 Å². The van der Waals surface area contributed by atoms with E-state index in [9.17, 15) is 4.79 Å². The maximum atomic E-state index is 13.4. The van der Waals surface area contributed by atoms with E-state index in [1.165, 1.54) is 0 Å². The number of ketones is 1. The van der Waals surface area contributed by atoms with E-state index in [4.69, 9.17) is 9.47 Å². The SMILES string of the molecule is O=C(c1ccc(Oc2ccc(N(c3ccc(Oc4ccccc4)cc3)c3ccc(-c4ccc(N(c5ccccc5)c5ccccc5)cc4)cc3)cc2)cc1)c1ccc(-c2ccccc2)cc1. The number of anilines is 6. The van der Waals surface area contributed by atoms with E-state index in [1.807, 2.05) is 133 Å². The van der Waals surface area contributed by atoms with Crippen LogP contribution in [0.25, 0.3) is 22.3 Å². The molecule has 0 spiro atoms. The van der Waals surface area contributed by atoms with Gasteiger partial charge in [-0.3, -0.25) is 4.79 Å². The summed E-state index contributed by atoms with van der Waals surface area (Å²) in [5.74, 6) is 2.81. The summed E-state index contributed by atoms with van der Waals surface area (Å²) in [7, 11) is 0. The molecular weight excluding hydrogens is 809 g/mol. The molecule has 0 aliphatic heterocycles. The topological polar surface area (TPSA) is 42.0 Å². The lowest BCUT2D eigenvalue weighted by molar-refractivity contribution is 0.103. The van der Waals surface area contributed by atoms with E-state index < -0.39 is 0 Å². The highest BCUT2D eigenvalue weighted by Crippen LogP contribution is 2.39. The molecule has 0 unspecified atom stereocenters. The Kier molecular flexibility index (Phi) is 12.0. The fourth-order valence-electron chi connectivity index (χ4n) is 8.03. The van der Waals surface area contributed by atoms with Gasteiger partial charge in [-0.1, -0.05) is 133 Å². The van der Waals surface area contributed by atoms with Gasteiger partial charge < -0.3 is 19.3 Å². The molecule has 10 aromatic carbocycles. The Morgan fingerprint density at radius 1 is 0.242 bits per heavy atom. The van der Waals surface area contributed by atoms with Gasteiger partial charge >= 0.3 is 0 Å². The summed E-state index contributed by atoms with van der Waals surface area (Å²) in [6.07, 6.45) is 0. The van der Waals surface area contributed by atoms with Gasteiger partial charge in [-0.2, -0.15) is 0 Å². The van der Waals surface area contributed by atoms with Gasteiger partial charge in [0.25, 0.3) is 0 Å². The van der Waals surface area contributed by atoms with Gasteiger partial charge in [0.1, 0.15) is 23.0 Å². The molecule has 5 nitrogen and oxygen atoms in total. The van der Waals surface area contributed by atoms with Crippen LogP contribution in [0.1, 0.15) is 15.9 Å². The van der Waals surface area contributed by atoms with Gasteiger partial charge in [-0.15, -0.1) is 0 Å². The number of carbonyl (C=O) groups is 1. The van der Waals surface area contributed by atoms with Crippen LogP contribution in [0.5, 0.6) is 23.0 Å². The first-order valence-corrected chi connectivity index (χ1v) is 21.9. The van der Waals surface area contributed by atoms with E-state index in [0.717, 1.165) is 67.9 Å². The Hall–Kier alpha value is -8.93. The molecule has 10 rings (SSSR count). The Morgan fingerprint density at radius 3 is 0.864 bits per heavy atom. The Balaban J connectivity index is 0.878. The van der Waals surface area contributed by atoms with Crippen molar-refractivity contribution in [2.45, 2.75) is 0 Å². The molecule has 0 bridgehead atoms. The minimum absolute atomic E-state index is 0.0368. The third-order valence-electron chi connectivity index (χ3n) is 11.4. The molecule has 0 N–H and O–H groups in total. The summed E-state index contributed by atoms with van der Waals surface area (Å²) < 4.78 is 12.4. The minimum Gasteiger partial charge on any atom is -0.457 e. The van der Waals surface area contributed by atoms with Crippen LogP contribution in [0.3, 0.4) is 0 Å². The number of carbonyl (C=O) groups excluding carboxylic acids is 1. The molecule has 0 amide bonds. The zero-order valence-corrected chi connectivity index (χ0v) is 36.0.